The van der Waals surface area contributed by atoms with Gasteiger partial charge in [-0.15, -0.1) is 0 Å². The number of aliphatic hydroxyl groups excluding tert-OH is 1. The summed E-state index contributed by atoms with van der Waals surface area (Å²) in [5, 5.41) is 42.4. The number of amides is 2. The third kappa shape index (κ3) is 30.1. The van der Waals surface area contributed by atoms with E-state index in [0.717, 1.165) is 30.9 Å². The zero-order valence-corrected chi connectivity index (χ0v) is 63.3. The van der Waals surface area contributed by atoms with Crippen LogP contribution < -0.4 is 5.32 Å². The summed E-state index contributed by atoms with van der Waals surface area (Å²) in [6, 6.07) is 4.95. The Bertz CT molecular complexity index is 3260. The summed E-state index contributed by atoms with van der Waals surface area (Å²) in [4.78, 5) is 24.1. The number of carbonyl (C=O) groups is 2. The van der Waals surface area contributed by atoms with Crippen molar-refractivity contribution in [2.75, 3.05) is 54.7 Å². The molecule has 0 aliphatic carbocycles. The first-order valence-electron chi connectivity index (χ1n) is 32.6. The molecule has 0 saturated carbocycles. The maximum atomic E-state index is 11.4. The maximum absolute atomic E-state index is 11.4. The number of ether oxygens (including phenoxy) is 2. The molecule has 0 unspecified atom stereocenters. The van der Waals surface area contributed by atoms with Crippen molar-refractivity contribution in [3.8, 4) is 0 Å². The minimum atomic E-state index is -0.707. The van der Waals surface area contributed by atoms with Gasteiger partial charge in [0.25, 0.3) is 0 Å². The highest BCUT2D eigenvalue weighted by Crippen LogP contribution is 2.28. The first kappa shape index (κ1) is 82.5. The molecule has 1 fully saturated rings. The molecule has 8 heterocycles. The Morgan fingerprint density at radius 2 is 0.914 bits per heavy atom. The number of aryl methyl sites for hydroxylation is 1. The van der Waals surface area contributed by atoms with Gasteiger partial charge in [0.15, 0.2) is 0 Å². The predicted molar refractivity (Wildman–Crippen MR) is 379 cm³/mol. The summed E-state index contributed by atoms with van der Waals surface area (Å²) in [5.41, 5.74) is 8.86. The molecule has 0 spiro atoms. The minimum absolute atomic E-state index is 0.0337. The Morgan fingerprint density at radius 1 is 0.538 bits per heavy atom. The van der Waals surface area contributed by atoms with E-state index < -0.39 is 5.60 Å². The van der Waals surface area contributed by atoms with Crippen molar-refractivity contribution in [2.45, 2.75) is 254 Å². The molecule has 524 valence electrons. The standard InChI is InChI=1S/C11H19N3O.2C11H20N2O.C11H17NO.C10H17N3O.C10H18N2O.C9H15N/c1-11(2,3)9-6-12-14(7-9)8-10(15)13(4)5;1-10(2,3)9-6-12-13(7-9)11(4,5)8-14;1-10(2,3)9-6-12-13(7-9)8-11(4,5)14;1-11(2,3)9-4-5-12(6-9)10-7-13-8-10;1-10(2,3)8-5-12-13(6-8)7-9(14)11-4;1-10(2,3)9-7-11-12(8-9)5-6-13-4;1-9(2,3)8-5-6-10(4)7-8/h6-7H,8H2,1-5H3;2*6-7,14H,8H2,1-5H3;4-6,10H,7-8H2,1-3H3;5-6H,7H2,1-4H3,(H,11,14);7-8H,5-6H2,1-4H3;5-7H,1-4H3. The van der Waals surface area contributed by atoms with Crippen molar-refractivity contribution in [3.05, 3.63) is 138 Å². The number of aliphatic hydroxyl groups is 2. The number of carbonyl (C=O) groups excluding carboxylic acids is 2. The summed E-state index contributed by atoms with van der Waals surface area (Å²) in [6.07, 6.45) is 27.9. The molecular weight excluding hydrogens is 1170 g/mol. The van der Waals surface area contributed by atoms with Gasteiger partial charge in [0.2, 0.25) is 11.8 Å². The molecule has 1 aliphatic rings. The lowest BCUT2D eigenvalue weighted by Crippen LogP contribution is -2.30. The highest BCUT2D eigenvalue weighted by molar-refractivity contribution is 5.75. The van der Waals surface area contributed by atoms with Crippen LogP contribution in [0.15, 0.2) is 98.9 Å². The van der Waals surface area contributed by atoms with Crippen molar-refractivity contribution in [1.82, 2.24) is 68.3 Å². The number of rotatable bonds is 12. The molecule has 1 aliphatic heterocycles. The SMILES string of the molecule is CC(C)(C)c1ccn(C2COC2)c1.CC(C)(C)c1cnn(C(C)(C)CO)c1.CC(C)(O)Cn1cc(C(C)(C)C)cn1.CN(C)C(=O)Cn1cc(C(C)(C)C)cn1.CNC(=O)Cn1cc(C(C)(C)C)cn1.COCCn1cc(C(C)(C)C)cn1.Cn1ccc(C(C)(C)C)c1. The second-order valence-corrected chi connectivity index (χ2v) is 33.0. The van der Waals surface area contributed by atoms with Gasteiger partial charge in [-0.3, -0.25) is 33.0 Å². The zero-order valence-electron chi connectivity index (χ0n) is 63.3. The van der Waals surface area contributed by atoms with Gasteiger partial charge in [-0.05, 0) is 117 Å². The van der Waals surface area contributed by atoms with E-state index in [1.54, 1.807) is 61.0 Å². The van der Waals surface area contributed by atoms with Crippen LogP contribution in [0.3, 0.4) is 0 Å². The van der Waals surface area contributed by atoms with Gasteiger partial charge in [0.05, 0.1) is 87.7 Å². The lowest BCUT2D eigenvalue weighted by molar-refractivity contribution is -0.129. The molecule has 3 N–H and O–H groups in total. The molecule has 0 atom stereocenters. The van der Waals surface area contributed by atoms with E-state index in [4.69, 9.17) is 9.47 Å². The van der Waals surface area contributed by atoms with Crippen LogP contribution in [0, 0.1) is 0 Å². The normalized spacial score (nSPS) is 13.2. The minimum Gasteiger partial charge on any atom is -0.394 e. The van der Waals surface area contributed by atoms with Crippen LogP contribution in [0.25, 0.3) is 0 Å². The summed E-state index contributed by atoms with van der Waals surface area (Å²) in [7, 11) is 8.87. The molecule has 20 nitrogen and oxygen atoms in total. The second kappa shape index (κ2) is 34.2. The first-order valence-corrected chi connectivity index (χ1v) is 32.6. The number of hydrogen-bond acceptors (Lipinski definition) is 11. The summed E-state index contributed by atoms with van der Waals surface area (Å²) >= 11 is 0. The average Bonchev–Trinajstić information content (AvgIpc) is 2.02. The van der Waals surface area contributed by atoms with Gasteiger partial charge >= 0.3 is 0 Å². The van der Waals surface area contributed by atoms with Gasteiger partial charge in [0.1, 0.15) is 13.1 Å². The summed E-state index contributed by atoms with van der Waals surface area (Å²) < 4.78 is 23.4. The van der Waals surface area contributed by atoms with Crippen LogP contribution in [-0.2, 0) is 95.7 Å². The predicted octanol–water partition coefficient (Wildman–Crippen LogP) is 12.6. The Labute approximate surface area is 560 Å². The van der Waals surface area contributed by atoms with Gasteiger partial charge in [-0.2, -0.15) is 25.5 Å². The fraction of sp³-hybridized carbons (Fsp3) is 0.658. The van der Waals surface area contributed by atoms with E-state index in [1.165, 1.54) is 27.8 Å². The van der Waals surface area contributed by atoms with E-state index >= 15 is 0 Å². The molecule has 0 aromatic carbocycles. The Kier molecular flexibility index (Phi) is 30.3. The molecule has 93 heavy (non-hydrogen) atoms. The fourth-order valence-corrected chi connectivity index (χ4v) is 8.01. The Balaban J connectivity index is 0.000000370. The summed E-state index contributed by atoms with van der Waals surface area (Å²) in [5.74, 6) is 0.0205. The van der Waals surface area contributed by atoms with Gasteiger partial charge in [0, 0.05) is 91.1 Å². The average molecular weight is 1300 g/mol. The molecule has 7 aromatic rings. The van der Waals surface area contributed by atoms with Gasteiger partial charge in [-0.1, -0.05) is 145 Å². The van der Waals surface area contributed by atoms with Crippen LogP contribution >= 0.6 is 0 Å². The Hall–Kier alpha value is -6.61. The molecule has 2 amide bonds. The van der Waals surface area contributed by atoms with Crippen LogP contribution in [0.5, 0.6) is 0 Å². The van der Waals surface area contributed by atoms with Crippen molar-refractivity contribution in [1.29, 1.82) is 0 Å². The zero-order chi connectivity index (χ0) is 71.5. The third-order valence-electron chi connectivity index (χ3n) is 15.2. The number of hydrogen-bond donors (Lipinski definition) is 3. The second-order valence-electron chi connectivity index (χ2n) is 33.0. The van der Waals surface area contributed by atoms with Crippen LogP contribution in [0.2, 0.25) is 0 Å². The quantitative estimate of drug-likeness (QED) is 0.105. The van der Waals surface area contributed by atoms with Crippen molar-refractivity contribution in [2.24, 2.45) is 7.05 Å². The lowest BCUT2D eigenvalue weighted by Gasteiger charge is -2.27. The summed E-state index contributed by atoms with van der Waals surface area (Å²) in [6.45, 7) is 57.6. The molecule has 7 aromatic heterocycles. The van der Waals surface area contributed by atoms with E-state index in [0.29, 0.717) is 31.2 Å². The topological polar surface area (TPSA) is 207 Å². The van der Waals surface area contributed by atoms with Crippen LogP contribution in [0.1, 0.15) is 218 Å². The van der Waals surface area contributed by atoms with E-state index in [1.807, 2.05) is 79.0 Å². The van der Waals surface area contributed by atoms with Crippen molar-refractivity contribution in [3.63, 3.8) is 0 Å². The number of likely N-dealkylation sites (N-methyl/N-ethyl adjacent to an activating group) is 2. The van der Waals surface area contributed by atoms with Gasteiger partial charge in [-0.25, -0.2) is 0 Å². The smallest absolute Gasteiger partial charge is 0.243 e. The lowest BCUT2D eigenvalue weighted by atomic mass is 9.89. The number of nitrogens with one attached hydrogen (secondary N) is 1. The third-order valence-corrected chi connectivity index (χ3v) is 15.2. The largest absolute Gasteiger partial charge is 0.394 e. The number of aromatic nitrogens is 12. The number of nitrogens with zero attached hydrogens (tertiary/aromatic N) is 13. The highest BCUT2D eigenvalue weighted by atomic mass is 16.5. The maximum Gasteiger partial charge on any atom is 0.243 e. The molecule has 8 rings (SSSR count). The monoisotopic (exact) mass is 1290 g/mol. The van der Waals surface area contributed by atoms with Crippen molar-refractivity contribution >= 4 is 11.8 Å². The van der Waals surface area contributed by atoms with E-state index in [-0.39, 0.29) is 63.0 Å². The first-order chi connectivity index (χ1) is 42.3. The van der Waals surface area contributed by atoms with E-state index in [9.17, 15) is 19.8 Å². The van der Waals surface area contributed by atoms with E-state index in [2.05, 4.69) is 236 Å². The highest BCUT2D eigenvalue weighted by Gasteiger charge is 2.26. The molecule has 20 heteroatoms. The number of methoxy groups -OCH3 is 1. The Morgan fingerprint density at radius 3 is 1.24 bits per heavy atom. The van der Waals surface area contributed by atoms with Crippen LogP contribution in [0.4, 0.5) is 0 Å². The van der Waals surface area contributed by atoms with Gasteiger partial charge < -0.3 is 39.0 Å². The molecule has 1 saturated heterocycles. The molecule has 0 bridgehead atoms. The van der Waals surface area contributed by atoms with Crippen molar-refractivity contribution < 1.29 is 29.3 Å². The molecule has 0 radical (unpaired) electrons. The molecular formula is C73H126N14O6. The fourth-order valence-electron chi connectivity index (χ4n) is 8.01. The van der Waals surface area contributed by atoms with Crippen LogP contribution in [-0.4, -0.2) is 145 Å².